The zero-order chi connectivity index (χ0) is 40.3. The van der Waals surface area contributed by atoms with Crippen LogP contribution in [0.25, 0.3) is 0 Å². The van der Waals surface area contributed by atoms with Crippen LogP contribution >= 0.6 is 11.6 Å². The molecular weight excluding hydrogens is 746 g/mol. The maximum Gasteiger partial charge on any atom is 0.336 e. The van der Waals surface area contributed by atoms with Crippen molar-refractivity contribution in [3.05, 3.63) is 70.8 Å². The monoisotopic (exact) mass is 799 g/mol. The molecule has 5 rings (SSSR count). The molecule has 2 amide bonds. The molecular formula is C41H54ClN3O9S. The molecule has 1 aromatic rings. The molecule has 2 heterocycles. The molecule has 2 bridgehead atoms. The highest BCUT2D eigenvalue weighted by Crippen LogP contribution is 2.51. The van der Waals surface area contributed by atoms with Crippen molar-refractivity contribution in [3.63, 3.8) is 0 Å². The maximum absolute atomic E-state index is 13.7. The lowest BCUT2D eigenvalue weighted by Crippen LogP contribution is -2.55. The molecule has 2 N–H and O–H groups in total. The fraction of sp³-hybridized carbons (Fsp3) is 0.561. The topological polar surface area (TPSA) is 157 Å². The first-order chi connectivity index (χ1) is 26.0. The number of Topliss-reactive ketones (excluding diaryl/α,β-unsaturated/α-hetero) is 1. The molecule has 0 unspecified atom stereocenters. The van der Waals surface area contributed by atoms with E-state index in [-0.39, 0.29) is 23.8 Å². The summed E-state index contributed by atoms with van der Waals surface area (Å²) in [6, 6.07) is 3.52. The highest BCUT2D eigenvalue weighted by molar-refractivity contribution is 7.90. The second-order valence-electron chi connectivity index (χ2n) is 15.5. The van der Waals surface area contributed by atoms with Crippen LogP contribution in [0.3, 0.4) is 0 Å². The summed E-state index contributed by atoms with van der Waals surface area (Å²) in [5.41, 5.74) is 1.15. The van der Waals surface area contributed by atoms with Gasteiger partial charge in [-0.15, -0.1) is 0 Å². The number of esters is 1. The third-order valence-corrected chi connectivity index (χ3v) is 14.4. The minimum absolute atomic E-state index is 0.00365. The number of hydrogen-bond donors (Lipinski definition) is 2. The van der Waals surface area contributed by atoms with E-state index in [1.165, 1.54) is 14.0 Å². The number of sulfonamides is 1. The second-order valence-corrected chi connectivity index (χ2v) is 18.0. The lowest BCUT2D eigenvalue weighted by Gasteiger charge is -2.50. The van der Waals surface area contributed by atoms with Crippen LogP contribution in [0.5, 0.6) is 5.75 Å². The fourth-order valence-corrected chi connectivity index (χ4v) is 9.81. The van der Waals surface area contributed by atoms with Gasteiger partial charge in [0, 0.05) is 36.2 Å². The SMILES string of the molecule is C=C1/C(=C\C(Cl)=C/C)CCC[C@]12COc1ccc3cc1N(C[C@@H]1CC[C@H]1[C@@](CC(=O)N[C@@H](C(C)=O)C(=O)OC)(OC)/C=C/C[C@H](C)[C@@H](C)S(=O)(=O)NC3=O)C2. The summed E-state index contributed by atoms with van der Waals surface area (Å²) in [4.78, 5) is 54.3. The van der Waals surface area contributed by atoms with Crippen LogP contribution in [-0.4, -0.2) is 82.8 Å². The predicted octanol–water partition coefficient (Wildman–Crippen LogP) is 5.77. The van der Waals surface area contributed by atoms with Crippen LogP contribution < -0.4 is 19.7 Å². The smallest absolute Gasteiger partial charge is 0.336 e. The average molecular weight is 800 g/mol. The summed E-state index contributed by atoms with van der Waals surface area (Å²) in [5, 5.41) is 2.22. The van der Waals surface area contributed by atoms with Gasteiger partial charge < -0.3 is 24.4 Å². The van der Waals surface area contributed by atoms with Crippen LogP contribution in [0.2, 0.25) is 0 Å². The Kier molecular flexibility index (Phi) is 13.1. The molecule has 300 valence electrons. The van der Waals surface area contributed by atoms with E-state index in [1.807, 2.05) is 31.2 Å². The first-order valence-electron chi connectivity index (χ1n) is 18.9. The number of hydrogen-bond acceptors (Lipinski definition) is 10. The van der Waals surface area contributed by atoms with E-state index in [2.05, 4.69) is 21.5 Å². The molecule has 7 atom stereocenters. The van der Waals surface area contributed by atoms with Crippen molar-refractivity contribution in [2.45, 2.75) is 89.5 Å². The van der Waals surface area contributed by atoms with Crippen LogP contribution in [0, 0.1) is 23.2 Å². The third kappa shape index (κ3) is 8.89. The molecule has 14 heteroatoms. The largest absolute Gasteiger partial charge is 0.490 e. The number of ketones is 1. The van der Waals surface area contributed by atoms with Crippen molar-refractivity contribution < 1.29 is 41.8 Å². The van der Waals surface area contributed by atoms with Crippen molar-refractivity contribution in [2.75, 3.05) is 38.8 Å². The molecule has 55 heavy (non-hydrogen) atoms. The number of nitrogens with one attached hydrogen (secondary N) is 2. The van der Waals surface area contributed by atoms with Gasteiger partial charge in [0.2, 0.25) is 15.9 Å². The Hall–Kier alpha value is -3.94. The van der Waals surface area contributed by atoms with Crippen molar-refractivity contribution in [1.29, 1.82) is 0 Å². The van der Waals surface area contributed by atoms with E-state index in [0.717, 1.165) is 50.4 Å². The van der Waals surface area contributed by atoms with E-state index in [4.69, 9.17) is 25.8 Å². The summed E-state index contributed by atoms with van der Waals surface area (Å²) in [6.07, 6.45) is 11.6. The molecule has 2 aliphatic carbocycles. The number of ether oxygens (including phenoxy) is 3. The molecule has 2 fully saturated rings. The first-order valence-corrected chi connectivity index (χ1v) is 20.8. The summed E-state index contributed by atoms with van der Waals surface area (Å²) in [7, 11) is -1.42. The van der Waals surface area contributed by atoms with Crippen molar-refractivity contribution in [2.24, 2.45) is 23.2 Å². The van der Waals surface area contributed by atoms with Gasteiger partial charge in [-0.25, -0.2) is 17.9 Å². The summed E-state index contributed by atoms with van der Waals surface area (Å²) >= 11 is 6.48. The van der Waals surface area contributed by atoms with E-state index in [9.17, 15) is 27.6 Å². The number of fused-ring (bicyclic) bond motifs is 2. The van der Waals surface area contributed by atoms with Crippen molar-refractivity contribution >= 4 is 50.9 Å². The number of halogens is 1. The van der Waals surface area contributed by atoms with Gasteiger partial charge in [-0.05, 0) is 112 Å². The molecule has 0 saturated heterocycles. The Morgan fingerprint density at radius 2 is 1.96 bits per heavy atom. The van der Waals surface area contributed by atoms with Gasteiger partial charge in [-0.1, -0.05) is 43.3 Å². The summed E-state index contributed by atoms with van der Waals surface area (Å²) < 4.78 is 47.0. The lowest BCUT2D eigenvalue weighted by atomic mass is 9.62. The minimum Gasteiger partial charge on any atom is -0.490 e. The highest BCUT2D eigenvalue weighted by Gasteiger charge is 2.50. The third-order valence-electron chi connectivity index (χ3n) is 12.2. The molecule has 2 saturated carbocycles. The second kappa shape index (κ2) is 17.1. The molecule has 2 aliphatic heterocycles. The quantitative estimate of drug-likeness (QED) is 0.197. The Morgan fingerprint density at radius 3 is 2.60 bits per heavy atom. The van der Waals surface area contributed by atoms with Crippen molar-refractivity contribution in [3.8, 4) is 5.75 Å². The van der Waals surface area contributed by atoms with Crippen LogP contribution in [0.15, 0.2) is 65.3 Å². The van der Waals surface area contributed by atoms with E-state index in [0.29, 0.717) is 42.6 Å². The Morgan fingerprint density at radius 1 is 1.22 bits per heavy atom. The Balaban J connectivity index is 1.60. The summed E-state index contributed by atoms with van der Waals surface area (Å²) in [5.74, 6) is -2.79. The highest BCUT2D eigenvalue weighted by atomic mass is 35.5. The number of benzene rings is 1. The number of allylic oxidation sites excluding steroid dienone is 5. The lowest BCUT2D eigenvalue weighted by molar-refractivity contribution is -0.149. The zero-order valence-electron chi connectivity index (χ0n) is 32.6. The molecule has 4 aliphatic rings. The number of carbonyl (C=O) groups is 4. The Bertz CT molecular complexity index is 1910. The number of rotatable bonds is 7. The zero-order valence-corrected chi connectivity index (χ0v) is 34.2. The van der Waals surface area contributed by atoms with Crippen molar-refractivity contribution in [1.82, 2.24) is 10.0 Å². The van der Waals surface area contributed by atoms with Crippen LogP contribution in [-0.2, 0) is 33.9 Å². The standard InChI is InChI=1S/C41H54ClN3O9S/c1-8-32(42)19-29-12-10-17-40(26(29)3)23-45-22-31-13-15-33(31)41(53-7,21-36(47)43-37(27(4)46)39(49)52-6)18-9-11-25(2)28(5)55(50,51)44-38(48)30-14-16-35(54-24-40)34(45)20-30/h8-9,14,16,18-20,25,28,31,33,37H,3,10-13,15,17,21-24H2,1-2,4-7H3,(H,43,47)(H,44,48)/b18-9+,29-19-,32-8+/t25-,28+,31-,33+,37-,40-,41+/m0/s1. The summed E-state index contributed by atoms with van der Waals surface area (Å²) in [6.45, 7) is 12.3. The van der Waals surface area contributed by atoms with Gasteiger partial charge in [0.1, 0.15) is 5.75 Å². The molecule has 1 spiro atoms. The van der Waals surface area contributed by atoms with Crippen LogP contribution in [0.4, 0.5) is 5.69 Å². The number of carbonyl (C=O) groups excluding carboxylic acids is 4. The van der Waals surface area contributed by atoms with E-state index < -0.39 is 61.8 Å². The number of methoxy groups -OCH3 is 2. The van der Waals surface area contributed by atoms with Gasteiger partial charge >= 0.3 is 5.97 Å². The van der Waals surface area contributed by atoms with Crippen LogP contribution in [0.1, 0.15) is 83.0 Å². The molecule has 0 radical (unpaired) electrons. The first kappa shape index (κ1) is 42.2. The van der Waals surface area contributed by atoms with E-state index in [1.54, 1.807) is 32.0 Å². The van der Waals surface area contributed by atoms with Gasteiger partial charge in [0.05, 0.1) is 36.7 Å². The van der Waals surface area contributed by atoms with Gasteiger partial charge in [-0.3, -0.25) is 14.4 Å². The number of nitrogens with zero attached hydrogens (tertiary/aromatic N) is 1. The number of anilines is 1. The van der Waals surface area contributed by atoms with E-state index >= 15 is 0 Å². The molecule has 0 aromatic heterocycles. The van der Waals surface area contributed by atoms with Gasteiger partial charge in [0.15, 0.2) is 11.8 Å². The maximum atomic E-state index is 13.7. The fourth-order valence-electron chi connectivity index (χ4n) is 8.39. The minimum atomic E-state index is -4.10. The normalized spacial score (nSPS) is 31.5. The predicted molar refractivity (Wildman–Crippen MR) is 211 cm³/mol. The average Bonchev–Trinajstić information content (AvgIpc) is 3.29. The molecule has 1 aromatic carbocycles. The Labute approximate surface area is 329 Å². The molecule has 12 nitrogen and oxygen atoms in total. The number of amides is 2. The van der Waals surface area contributed by atoms with Gasteiger partial charge in [0.25, 0.3) is 5.91 Å². The van der Waals surface area contributed by atoms with Gasteiger partial charge in [-0.2, -0.15) is 0 Å².